The molecule has 1 aliphatic rings. The summed E-state index contributed by atoms with van der Waals surface area (Å²) in [4.78, 5) is 0.190. The first-order valence-electron chi connectivity index (χ1n) is 4.86. The molecule has 1 rings (SSSR count). The van der Waals surface area contributed by atoms with Crippen LogP contribution in [-0.2, 0) is 0 Å². The van der Waals surface area contributed by atoms with Gasteiger partial charge in [0, 0.05) is 4.97 Å². The van der Waals surface area contributed by atoms with E-state index in [0.717, 1.165) is 25.7 Å². The molecule has 0 heterocycles. The normalized spacial score (nSPS) is 20.2. The molecule has 0 saturated heterocycles. The highest BCUT2D eigenvalue weighted by Gasteiger charge is 2.24. The van der Waals surface area contributed by atoms with Crippen LogP contribution in [0.15, 0.2) is 5.28 Å². The minimum Gasteiger partial charge on any atom is -0.737 e. The standard InChI is InChI=1S/C8H17N3O2/c1-2-10(11(13)9-12)8-6-4-3-5-7-8/h8,12H,2-7H2,1H3/p-1/b11-9-. The Morgan fingerprint density at radius 1 is 1.38 bits per heavy atom. The van der Waals surface area contributed by atoms with Crippen LogP contribution in [0, 0.1) is 10.4 Å². The lowest BCUT2D eigenvalue weighted by molar-refractivity contribution is -0.698. The molecule has 0 aliphatic heterocycles. The number of hydrogen-bond acceptors (Lipinski definition) is 3. The van der Waals surface area contributed by atoms with E-state index in [1.807, 2.05) is 6.92 Å². The summed E-state index contributed by atoms with van der Waals surface area (Å²) in [5, 5.41) is 25.0. The second kappa shape index (κ2) is 4.89. The molecule has 1 saturated carbocycles. The minimum absolute atomic E-state index is 0.190. The fourth-order valence-electron chi connectivity index (χ4n) is 1.94. The third kappa shape index (κ3) is 2.47. The minimum atomic E-state index is 0.190. The average molecular weight is 186 g/mol. The van der Waals surface area contributed by atoms with Crippen LogP contribution < -0.4 is 0 Å². The Labute approximate surface area is 78.2 Å². The van der Waals surface area contributed by atoms with Crippen molar-refractivity contribution in [2.45, 2.75) is 45.1 Å². The number of rotatable bonds is 3. The van der Waals surface area contributed by atoms with Gasteiger partial charge in [-0.3, -0.25) is 0 Å². The summed E-state index contributed by atoms with van der Waals surface area (Å²) in [5.74, 6) is 0. The Morgan fingerprint density at radius 3 is 2.46 bits per heavy atom. The number of hydrazine groups is 1. The number of nitrogens with zero attached hydrogens (tertiary/aromatic N) is 3. The Balaban J connectivity index is 2.53. The van der Waals surface area contributed by atoms with Crippen molar-refractivity contribution in [2.24, 2.45) is 5.28 Å². The highest BCUT2D eigenvalue weighted by atomic mass is 16.6. The molecule has 0 aromatic rings. The molecule has 0 radical (unpaired) electrons. The lowest BCUT2D eigenvalue weighted by Gasteiger charge is -2.29. The van der Waals surface area contributed by atoms with Crippen LogP contribution in [0.3, 0.4) is 0 Å². The Morgan fingerprint density at radius 2 is 2.00 bits per heavy atom. The second-order valence-corrected chi connectivity index (χ2v) is 3.38. The predicted molar refractivity (Wildman–Crippen MR) is 48.7 cm³/mol. The molecular weight excluding hydrogens is 170 g/mol. The van der Waals surface area contributed by atoms with Crippen molar-refractivity contribution in [3.63, 3.8) is 0 Å². The van der Waals surface area contributed by atoms with Gasteiger partial charge >= 0.3 is 0 Å². The molecule has 1 aliphatic carbocycles. The first-order chi connectivity index (χ1) is 6.29. The zero-order valence-electron chi connectivity index (χ0n) is 7.98. The summed E-state index contributed by atoms with van der Waals surface area (Å²) >= 11 is 0. The van der Waals surface area contributed by atoms with Crippen molar-refractivity contribution in [3.8, 4) is 0 Å². The van der Waals surface area contributed by atoms with Crippen LogP contribution in [0.5, 0.6) is 0 Å². The van der Waals surface area contributed by atoms with E-state index in [9.17, 15) is 10.4 Å². The van der Waals surface area contributed by atoms with Crippen molar-refractivity contribution >= 4 is 0 Å². The molecule has 13 heavy (non-hydrogen) atoms. The molecule has 76 valence electrons. The number of hydrogen-bond donors (Lipinski definition) is 0. The fourth-order valence-corrected chi connectivity index (χ4v) is 1.94. The van der Waals surface area contributed by atoms with E-state index in [-0.39, 0.29) is 11.0 Å². The second-order valence-electron chi connectivity index (χ2n) is 3.38. The van der Waals surface area contributed by atoms with Gasteiger partial charge in [0.1, 0.15) is 0 Å². The summed E-state index contributed by atoms with van der Waals surface area (Å²) < 4.78 is 0. The van der Waals surface area contributed by atoms with Crippen LogP contribution >= 0.6 is 0 Å². The molecule has 1 fully saturated rings. The van der Waals surface area contributed by atoms with E-state index < -0.39 is 0 Å². The third-order valence-corrected chi connectivity index (χ3v) is 2.61. The molecule has 0 bridgehead atoms. The van der Waals surface area contributed by atoms with E-state index in [1.165, 1.54) is 11.4 Å². The van der Waals surface area contributed by atoms with Crippen LogP contribution in [0.25, 0.3) is 0 Å². The van der Waals surface area contributed by atoms with Crippen molar-refractivity contribution < 1.29 is 4.97 Å². The summed E-state index contributed by atoms with van der Waals surface area (Å²) in [6.45, 7) is 2.42. The Kier molecular flexibility index (Phi) is 3.79. The first kappa shape index (κ1) is 10.1. The molecule has 0 spiro atoms. The lowest BCUT2D eigenvalue weighted by atomic mass is 9.95. The van der Waals surface area contributed by atoms with E-state index >= 15 is 0 Å². The van der Waals surface area contributed by atoms with Gasteiger partial charge in [0.2, 0.25) is 0 Å². The molecular formula is C8H16N3O2-. The molecule has 5 nitrogen and oxygen atoms in total. The van der Waals surface area contributed by atoms with Crippen molar-refractivity contribution in [1.29, 1.82) is 0 Å². The smallest absolute Gasteiger partial charge is 0.0876 e. The van der Waals surface area contributed by atoms with Crippen LogP contribution in [0.1, 0.15) is 39.0 Å². The zero-order chi connectivity index (χ0) is 9.68. The molecule has 0 aromatic carbocycles. The zero-order valence-corrected chi connectivity index (χ0v) is 7.98. The molecule has 5 heteroatoms. The quantitative estimate of drug-likeness (QED) is 0.384. The van der Waals surface area contributed by atoms with Gasteiger partial charge in [-0.2, -0.15) is 0 Å². The molecule has 0 amide bonds. The summed E-state index contributed by atoms with van der Waals surface area (Å²) in [6.07, 6.45) is 5.54. The van der Waals surface area contributed by atoms with Gasteiger partial charge in [0.15, 0.2) is 0 Å². The third-order valence-electron chi connectivity index (χ3n) is 2.61. The average Bonchev–Trinajstić information content (AvgIpc) is 2.20. The highest BCUT2D eigenvalue weighted by molar-refractivity contribution is 4.70. The van der Waals surface area contributed by atoms with Gasteiger partial charge in [-0.05, 0) is 25.0 Å². The SMILES string of the molecule is CCN(C1CCCCC1)/[N+]([O-])=N/[O-]. The molecule has 0 atom stereocenters. The fraction of sp³-hybridized carbons (Fsp3) is 1.00. The van der Waals surface area contributed by atoms with Crippen molar-refractivity contribution in [1.82, 2.24) is 5.01 Å². The van der Waals surface area contributed by atoms with E-state index in [2.05, 4.69) is 5.28 Å². The van der Waals surface area contributed by atoms with Gasteiger partial charge < -0.3 is 10.4 Å². The largest absolute Gasteiger partial charge is 0.737 e. The van der Waals surface area contributed by atoms with Crippen LogP contribution in [0.4, 0.5) is 0 Å². The topological polar surface area (TPSA) is 64.7 Å². The Bertz CT molecular complexity index is 178. The highest BCUT2D eigenvalue weighted by Crippen LogP contribution is 2.22. The first-order valence-corrected chi connectivity index (χ1v) is 4.86. The summed E-state index contributed by atoms with van der Waals surface area (Å²) in [5.41, 5.74) is 0. The molecule has 0 N–H and O–H groups in total. The predicted octanol–water partition coefficient (Wildman–Crippen LogP) is 2.02. The molecule has 0 unspecified atom stereocenters. The van der Waals surface area contributed by atoms with Crippen LogP contribution in [0.2, 0.25) is 0 Å². The summed E-state index contributed by atoms with van der Waals surface area (Å²) in [6, 6.07) is 0.217. The van der Waals surface area contributed by atoms with Gasteiger partial charge in [0.25, 0.3) is 0 Å². The lowest BCUT2D eigenvalue weighted by Crippen LogP contribution is -2.41. The van der Waals surface area contributed by atoms with E-state index in [0.29, 0.717) is 6.54 Å². The maximum atomic E-state index is 11.0. The van der Waals surface area contributed by atoms with Crippen molar-refractivity contribution in [2.75, 3.05) is 6.54 Å². The monoisotopic (exact) mass is 186 g/mol. The molecule has 0 aromatic heterocycles. The van der Waals surface area contributed by atoms with Gasteiger partial charge in [0.05, 0.1) is 12.6 Å². The van der Waals surface area contributed by atoms with Crippen molar-refractivity contribution in [3.05, 3.63) is 10.4 Å². The van der Waals surface area contributed by atoms with E-state index in [1.54, 1.807) is 0 Å². The summed E-state index contributed by atoms with van der Waals surface area (Å²) in [7, 11) is 0. The van der Waals surface area contributed by atoms with Gasteiger partial charge in [-0.15, -0.1) is 5.01 Å². The maximum Gasteiger partial charge on any atom is 0.0876 e. The Hall–Kier alpha value is -1.00. The van der Waals surface area contributed by atoms with E-state index in [4.69, 9.17) is 0 Å². The van der Waals surface area contributed by atoms with Gasteiger partial charge in [-0.1, -0.05) is 19.3 Å². The van der Waals surface area contributed by atoms with Gasteiger partial charge in [-0.25, -0.2) is 0 Å². The van der Waals surface area contributed by atoms with Crippen LogP contribution in [-0.4, -0.2) is 22.6 Å². The maximum absolute atomic E-state index is 11.0.